The summed E-state index contributed by atoms with van der Waals surface area (Å²) in [5.41, 5.74) is 1.57. The molecule has 2 aromatic heterocycles. The van der Waals surface area contributed by atoms with Crippen LogP contribution in [0.15, 0.2) is 41.1 Å². The Morgan fingerprint density at radius 1 is 1.40 bits per heavy atom. The smallest absolute Gasteiger partial charge is 0.253 e. The molecule has 6 heteroatoms. The van der Waals surface area contributed by atoms with Gasteiger partial charge in [-0.2, -0.15) is 0 Å². The molecule has 0 spiro atoms. The number of nitrogens with one attached hydrogen (secondary N) is 1. The Balaban J connectivity index is 1.34. The van der Waals surface area contributed by atoms with Crippen LogP contribution in [-0.4, -0.2) is 41.1 Å². The maximum atomic E-state index is 12.6. The van der Waals surface area contributed by atoms with Crippen molar-refractivity contribution in [3.63, 3.8) is 0 Å². The molecule has 0 unspecified atom stereocenters. The summed E-state index contributed by atoms with van der Waals surface area (Å²) in [6.45, 7) is 4.55. The molecule has 2 fully saturated rings. The lowest BCUT2D eigenvalue weighted by Gasteiger charge is -2.33. The van der Waals surface area contributed by atoms with Crippen LogP contribution >= 0.6 is 0 Å². The maximum absolute atomic E-state index is 12.6. The predicted octanol–water partition coefficient (Wildman–Crippen LogP) is 2.60. The lowest BCUT2D eigenvalue weighted by molar-refractivity contribution is -0.127. The first-order valence-electron chi connectivity index (χ1n) is 8.82. The number of furan rings is 1. The second kappa shape index (κ2) is 6.98. The molecule has 132 valence electrons. The molecule has 0 bridgehead atoms. The minimum Gasteiger partial charge on any atom is -0.468 e. The second-order valence-electron chi connectivity index (χ2n) is 6.89. The number of hydrogen-bond donors (Lipinski definition) is 1. The number of fused-ring (bicyclic) bond motifs is 1. The predicted molar refractivity (Wildman–Crippen MR) is 93.0 cm³/mol. The van der Waals surface area contributed by atoms with E-state index in [1.807, 2.05) is 31.2 Å². The van der Waals surface area contributed by atoms with Gasteiger partial charge in [-0.15, -0.1) is 0 Å². The largest absolute Gasteiger partial charge is 0.468 e. The molecule has 25 heavy (non-hydrogen) atoms. The molecule has 6 nitrogen and oxygen atoms in total. The number of pyridine rings is 1. The third-order valence-corrected chi connectivity index (χ3v) is 5.15. The van der Waals surface area contributed by atoms with Crippen LogP contribution < -0.4 is 5.32 Å². The molecule has 1 N–H and O–H groups in total. The molecule has 3 atom stereocenters. The molecule has 4 heterocycles. The fourth-order valence-corrected chi connectivity index (χ4v) is 3.76. The Morgan fingerprint density at radius 2 is 2.32 bits per heavy atom. The van der Waals surface area contributed by atoms with Crippen LogP contribution in [-0.2, 0) is 16.1 Å². The zero-order chi connectivity index (χ0) is 17.2. The molecule has 0 aliphatic carbocycles. The van der Waals surface area contributed by atoms with E-state index in [1.165, 1.54) is 0 Å². The summed E-state index contributed by atoms with van der Waals surface area (Å²) in [6, 6.07) is 7.60. The van der Waals surface area contributed by atoms with E-state index < -0.39 is 0 Å². The van der Waals surface area contributed by atoms with Gasteiger partial charge in [0.25, 0.3) is 5.91 Å². The van der Waals surface area contributed by atoms with Gasteiger partial charge in [0.1, 0.15) is 11.9 Å². The van der Waals surface area contributed by atoms with E-state index in [4.69, 9.17) is 9.15 Å². The highest BCUT2D eigenvalue weighted by molar-refractivity contribution is 5.94. The third-order valence-electron chi connectivity index (χ3n) is 5.15. The molecule has 2 aliphatic rings. The van der Waals surface area contributed by atoms with E-state index in [0.29, 0.717) is 5.92 Å². The minimum absolute atomic E-state index is 0.0666. The molecular formula is C19H23N3O3. The summed E-state index contributed by atoms with van der Waals surface area (Å²) in [5.74, 6) is 1.36. The SMILES string of the molecule is Cc1ncccc1NC(=O)[C@@H]1C[C@@H]2CCN(Cc3ccco3)C[C@@H]2O1. The Kier molecular flexibility index (Phi) is 4.55. The van der Waals surface area contributed by atoms with Gasteiger partial charge in [-0.3, -0.25) is 14.7 Å². The molecule has 0 radical (unpaired) electrons. The zero-order valence-corrected chi connectivity index (χ0v) is 14.4. The molecular weight excluding hydrogens is 318 g/mol. The number of rotatable bonds is 4. The van der Waals surface area contributed by atoms with E-state index in [9.17, 15) is 4.79 Å². The molecule has 2 aliphatic heterocycles. The van der Waals surface area contributed by atoms with E-state index in [0.717, 1.165) is 49.6 Å². The fourth-order valence-electron chi connectivity index (χ4n) is 3.76. The zero-order valence-electron chi connectivity index (χ0n) is 14.4. The molecule has 0 saturated carbocycles. The number of likely N-dealkylation sites (tertiary alicyclic amines) is 1. The topological polar surface area (TPSA) is 67.6 Å². The van der Waals surface area contributed by atoms with E-state index >= 15 is 0 Å². The van der Waals surface area contributed by atoms with Crippen molar-refractivity contribution in [2.45, 2.75) is 38.5 Å². The summed E-state index contributed by atoms with van der Waals surface area (Å²) < 4.78 is 11.5. The van der Waals surface area contributed by atoms with Gasteiger partial charge in [0.2, 0.25) is 0 Å². The van der Waals surface area contributed by atoms with Crippen LogP contribution in [0.5, 0.6) is 0 Å². The number of carbonyl (C=O) groups is 1. The van der Waals surface area contributed by atoms with Crippen LogP contribution in [0, 0.1) is 12.8 Å². The van der Waals surface area contributed by atoms with Gasteiger partial charge in [-0.25, -0.2) is 0 Å². The van der Waals surface area contributed by atoms with Gasteiger partial charge in [0.05, 0.1) is 30.3 Å². The van der Waals surface area contributed by atoms with E-state index in [2.05, 4.69) is 15.2 Å². The van der Waals surface area contributed by atoms with Crippen molar-refractivity contribution >= 4 is 11.6 Å². The number of amides is 1. The number of hydrogen-bond acceptors (Lipinski definition) is 5. The Morgan fingerprint density at radius 3 is 3.12 bits per heavy atom. The van der Waals surface area contributed by atoms with Crippen LogP contribution in [0.1, 0.15) is 24.3 Å². The lowest BCUT2D eigenvalue weighted by Crippen LogP contribution is -2.41. The van der Waals surface area contributed by atoms with Gasteiger partial charge in [0.15, 0.2) is 0 Å². The number of ether oxygens (including phenoxy) is 1. The van der Waals surface area contributed by atoms with Gasteiger partial charge in [0, 0.05) is 12.7 Å². The summed E-state index contributed by atoms with van der Waals surface area (Å²) in [5, 5.41) is 2.95. The summed E-state index contributed by atoms with van der Waals surface area (Å²) in [4.78, 5) is 19.1. The number of nitrogens with zero attached hydrogens (tertiary/aromatic N) is 2. The fraction of sp³-hybridized carbons (Fsp3) is 0.474. The molecule has 2 saturated heterocycles. The van der Waals surface area contributed by atoms with Crippen molar-refractivity contribution < 1.29 is 13.9 Å². The quantitative estimate of drug-likeness (QED) is 0.926. The maximum Gasteiger partial charge on any atom is 0.253 e. The monoisotopic (exact) mass is 341 g/mol. The standard InChI is InChI=1S/C19H23N3O3/c1-13-16(5-2-7-20-13)21-19(23)17-10-14-6-8-22(12-18(14)25-17)11-15-4-3-9-24-15/h2-5,7,9,14,17-18H,6,8,10-12H2,1H3,(H,21,23)/t14-,17-,18-/m0/s1. The van der Waals surface area contributed by atoms with Crippen LogP contribution in [0.2, 0.25) is 0 Å². The molecule has 2 aromatic rings. The summed E-state index contributed by atoms with van der Waals surface area (Å²) >= 11 is 0. The summed E-state index contributed by atoms with van der Waals surface area (Å²) in [6.07, 6.45) is 5.02. The normalized spacial score (nSPS) is 26.4. The molecule has 1 amide bonds. The number of anilines is 1. The van der Waals surface area contributed by atoms with Crippen molar-refractivity contribution in [1.29, 1.82) is 0 Å². The van der Waals surface area contributed by atoms with Gasteiger partial charge >= 0.3 is 0 Å². The van der Waals surface area contributed by atoms with E-state index in [1.54, 1.807) is 12.5 Å². The first-order chi connectivity index (χ1) is 12.2. The Labute approximate surface area is 147 Å². The highest BCUT2D eigenvalue weighted by atomic mass is 16.5. The van der Waals surface area contributed by atoms with Gasteiger partial charge < -0.3 is 14.5 Å². The van der Waals surface area contributed by atoms with Crippen LogP contribution in [0.4, 0.5) is 5.69 Å². The lowest BCUT2D eigenvalue weighted by atomic mass is 9.91. The summed E-state index contributed by atoms with van der Waals surface area (Å²) in [7, 11) is 0. The van der Waals surface area contributed by atoms with Gasteiger partial charge in [-0.1, -0.05) is 0 Å². The van der Waals surface area contributed by atoms with Crippen LogP contribution in [0.3, 0.4) is 0 Å². The molecule has 0 aromatic carbocycles. The Hall–Kier alpha value is -2.18. The minimum atomic E-state index is -0.377. The number of aryl methyl sites for hydroxylation is 1. The van der Waals surface area contributed by atoms with Gasteiger partial charge in [-0.05, 0) is 56.5 Å². The first kappa shape index (κ1) is 16.3. The average molecular weight is 341 g/mol. The highest BCUT2D eigenvalue weighted by Gasteiger charge is 2.41. The van der Waals surface area contributed by atoms with E-state index in [-0.39, 0.29) is 18.1 Å². The van der Waals surface area contributed by atoms with Crippen LogP contribution in [0.25, 0.3) is 0 Å². The number of piperidine rings is 1. The first-order valence-corrected chi connectivity index (χ1v) is 8.82. The van der Waals surface area contributed by atoms with Crippen molar-refractivity contribution in [2.24, 2.45) is 5.92 Å². The number of carbonyl (C=O) groups excluding carboxylic acids is 1. The third kappa shape index (κ3) is 3.60. The second-order valence-corrected chi connectivity index (χ2v) is 6.89. The highest BCUT2D eigenvalue weighted by Crippen LogP contribution is 2.34. The van der Waals surface area contributed by atoms with Crippen molar-refractivity contribution in [1.82, 2.24) is 9.88 Å². The van der Waals surface area contributed by atoms with Crippen molar-refractivity contribution in [2.75, 3.05) is 18.4 Å². The Bertz CT molecular complexity index is 731. The molecule has 4 rings (SSSR count). The average Bonchev–Trinajstić information content (AvgIpc) is 3.26. The van der Waals surface area contributed by atoms with Crippen molar-refractivity contribution in [3.8, 4) is 0 Å². The number of aromatic nitrogens is 1. The van der Waals surface area contributed by atoms with Crippen molar-refractivity contribution in [3.05, 3.63) is 48.2 Å².